The Morgan fingerprint density at radius 1 is 1.46 bits per heavy atom. The fraction of sp³-hybridized carbons (Fsp3) is 0.111. The standard InChI is InChI=1S/C9H7FN2O/c1-12-8-3-2-6(10)4-7(8)11-5-9(12)13/h2-5H,1H3. The van der Waals surface area contributed by atoms with Crippen LogP contribution in [0.1, 0.15) is 0 Å². The van der Waals surface area contributed by atoms with Crippen LogP contribution < -0.4 is 5.56 Å². The highest BCUT2D eigenvalue weighted by molar-refractivity contribution is 5.74. The van der Waals surface area contributed by atoms with Crippen molar-refractivity contribution in [1.82, 2.24) is 9.55 Å². The van der Waals surface area contributed by atoms with E-state index in [2.05, 4.69) is 4.98 Å². The molecule has 3 nitrogen and oxygen atoms in total. The minimum Gasteiger partial charge on any atom is -0.309 e. The first-order valence-corrected chi connectivity index (χ1v) is 3.80. The Morgan fingerprint density at radius 3 is 3.00 bits per heavy atom. The zero-order valence-corrected chi connectivity index (χ0v) is 6.99. The molecule has 0 fully saturated rings. The lowest BCUT2D eigenvalue weighted by Gasteiger charge is -2.01. The number of aromatic nitrogens is 2. The maximum Gasteiger partial charge on any atom is 0.269 e. The first-order valence-electron chi connectivity index (χ1n) is 3.80. The van der Waals surface area contributed by atoms with Crippen LogP contribution in [-0.4, -0.2) is 9.55 Å². The van der Waals surface area contributed by atoms with E-state index >= 15 is 0 Å². The summed E-state index contributed by atoms with van der Waals surface area (Å²) in [6.45, 7) is 0. The maximum atomic E-state index is 12.7. The van der Waals surface area contributed by atoms with Crippen molar-refractivity contribution in [3.05, 3.63) is 40.6 Å². The third-order valence-corrected chi connectivity index (χ3v) is 1.94. The molecular weight excluding hydrogens is 171 g/mol. The summed E-state index contributed by atoms with van der Waals surface area (Å²) in [4.78, 5) is 15.0. The van der Waals surface area contributed by atoms with Crippen molar-refractivity contribution < 1.29 is 4.39 Å². The molecular formula is C9H7FN2O. The first-order chi connectivity index (χ1) is 6.18. The summed E-state index contributed by atoms with van der Waals surface area (Å²) in [6, 6.07) is 4.15. The molecule has 13 heavy (non-hydrogen) atoms. The summed E-state index contributed by atoms with van der Waals surface area (Å²) >= 11 is 0. The van der Waals surface area contributed by atoms with Gasteiger partial charge < -0.3 is 4.57 Å². The van der Waals surface area contributed by atoms with Gasteiger partial charge in [-0.1, -0.05) is 0 Å². The highest BCUT2D eigenvalue weighted by Crippen LogP contribution is 2.09. The highest BCUT2D eigenvalue weighted by Gasteiger charge is 2.00. The van der Waals surface area contributed by atoms with Crippen LogP contribution in [-0.2, 0) is 7.05 Å². The molecule has 1 aromatic carbocycles. The van der Waals surface area contributed by atoms with Crippen molar-refractivity contribution >= 4 is 11.0 Å². The Morgan fingerprint density at radius 2 is 2.23 bits per heavy atom. The van der Waals surface area contributed by atoms with Crippen LogP contribution in [0.4, 0.5) is 4.39 Å². The maximum absolute atomic E-state index is 12.7. The number of nitrogens with zero attached hydrogens (tertiary/aromatic N) is 2. The molecule has 2 aromatic rings. The van der Waals surface area contributed by atoms with Crippen molar-refractivity contribution in [2.45, 2.75) is 0 Å². The van der Waals surface area contributed by atoms with Crippen molar-refractivity contribution in [2.24, 2.45) is 7.05 Å². The highest BCUT2D eigenvalue weighted by atomic mass is 19.1. The molecule has 0 bridgehead atoms. The van der Waals surface area contributed by atoms with Crippen LogP contribution in [0.5, 0.6) is 0 Å². The first kappa shape index (κ1) is 7.91. The van der Waals surface area contributed by atoms with Gasteiger partial charge in [0.05, 0.1) is 17.2 Å². The van der Waals surface area contributed by atoms with Crippen LogP contribution >= 0.6 is 0 Å². The minimum absolute atomic E-state index is 0.195. The van der Waals surface area contributed by atoms with E-state index < -0.39 is 0 Å². The molecule has 2 rings (SSSR count). The molecule has 1 aromatic heterocycles. The lowest BCUT2D eigenvalue weighted by Crippen LogP contribution is -2.16. The third kappa shape index (κ3) is 1.20. The number of hydrogen-bond donors (Lipinski definition) is 0. The molecule has 0 aliphatic rings. The van der Waals surface area contributed by atoms with E-state index in [9.17, 15) is 9.18 Å². The molecule has 0 N–H and O–H groups in total. The number of aryl methyl sites for hydroxylation is 1. The van der Waals surface area contributed by atoms with Gasteiger partial charge in [-0.2, -0.15) is 0 Å². The average molecular weight is 178 g/mol. The quantitative estimate of drug-likeness (QED) is 0.604. The number of benzene rings is 1. The van der Waals surface area contributed by atoms with E-state index in [1.807, 2.05) is 0 Å². The molecule has 0 atom stereocenters. The molecule has 0 saturated carbocycles. The second-order valence-corrected chi connectivity index (χ2v) is 2.79. The van der Waals surface area contributed by atoms with Gasteiger partial charge in [0.25, 0.3) is 5.56 Å². The number of halogens is 1. The van der Waals surface area contributed by atoms with Crippen molar-refractivity contribution in [3.8, 4) is 0 Å². The minimum atomic E-state index is -0.348. The fourth-order valence-electron chi connectivity index (χ4n) is 1.21. The SMILES string of the molecule is Cn1c(=O)cnc2cc(F)ccc21. The molecule has 66 valence electrons. The Balaban J connectivity index is 2.95. The molecule has 1 heterocycles. The van der Waals surface area contributed by atoms with Crippen LogP contribution in [0.2, 0.25) is 0 Å². The number of hydrogen-bond acceptors (Lipinski definition) is 2. The lowest BCUT2D eigenvalue weighted by atomic mass is 10.3. The summed E-state index contributed by atoms with van der Waals surface area (Å²) < 4.78 is 14.2. The van der Waals surface area contributed by atoms with Crippen LogP contribution in [0, 0.1) is 5.82 Å². The van der Waals surface area contributed by atoms with E-state index in [0.29, 0.717) is 11.0 Å². The second kappa shape index (κ2) is 2.65. The van der Waals surface area contributed by atoms with Crippen LogP contribution in [0.15, 0.2) is 29.2 Å². The van der Waals surface area contributed by atoms with Gasteiger partial charge in [0, 0.05) is 13.1 Å². The lowest BCUT2D eigenvalue weighted by molar-refractivity contribution is 0.629. The Bertz CT molecular complexity index is 518. The Kier molecular flexibility index (Phi) is 1.62. The fourth-order valence-corrected chi connectivity index (χ4v) is 1.21. The van der Waals surface area contributed by atoms with Crippen molar-refractivity contribution in [2.75, 3.05) is 0 Å². The van der Waals surface area contributed by atoms with Crippen LogP contribution in [0.3, 0.4) is 0 Å². The van der Waals surface area contributed by atoms with Crippen LogP contribution in [0.25, 0.3) is 11.0 Å². The van der Waals surface area contributed by atoms with Gasteiger partial charge in [-0.15, -0.1) is 0 Å². The van der Waals surface area contributed by atoms with Gasteiger partial charge in [-0.3, -0.25) is 4.79 Å². The van der Waals surface area contributed by atoms with Gasteiger partial charge in [-0.25, -0.2) is 9.37 Å². The average Bonchev–Trinajstić information content (AvgIpc) is 2.12. The predicted octanol–water partition coefficient (Wildman–Crippen LogP) is 1.07. The van der Waals surface area contributed by atoms with Gasteiger partial charge in [0.1, 0.15) is 5.82 Å². The molecule has 0 spiro atoms. The van der Waals surface area contributed by atoms with Gasteiger partial charge >= 0.3 is 0 Å². The van der Waals surface area contributed by atoms with Gasteiger partial charge in [0.15, 0.2) is 0 Å². The summed E-state index contributed by atoms with van der Waals surface area (Å²) in [5.41, 5.74) is 0.926. The van der Waals surface area contributed by atoms with Crippen molar-refractivity contribution in [1.29, 1.82) is 0 Å². The topological polar surface area (TPSA) is 34.9 Å². The Hall–Kier alpha value is -1.71. The van der Waals surface area contributed by atoms with Gasteiger partial charge in [0.2, 0.25) is 0 Å². The summed E-state index contributed by atoms with van der Waals surface area (Å²) in [7, 11) is 1.63. The Labute approximate surface area is 73.5 Å². The van der Waals surface area contributed by atoms with E-state index in [-0.39, 0.29) is 11.4 Å². The van der Waals surface area contributed by atoms with Crippen molar-refractivity contribution in [3.63, 3.8) is 0 Å². The molecule has 0 radical (unpaired) electrons. The van der Waals surface area contributed by atoms with E-state index in [1.165, 1.54) is 22.9 Å². The molecule has 0 aliphatic heterocycles. The summed E-state index contributed by atoms with van der Waals surface area (Å²) in [5, 5.41) is 0. The number of rotatable bonds is 0. The monoisotopic (exact) mass is 178 g/mol. The molecule has 0 saturated heterocycles. The normalized spacial score (nSPS) is 10.6. The molecule has 4 heteroatoms. The smallest absolute Gasteiger partial charge is 0.269 e. The van der Waals surface area contributed by atoms with E-state index in [1.54, 1.807) is 13.1 Å². The summed E-state index contributed by atoms with van der Waals surface area (Å²) in [6.07, 6.45) is 1.18. The zero-order valence-electron chi connectivity index (χ0n) is 6.99. The molecule has 0 unspecified atom stereocenters. The second-order valence-electron chi connectivity index (χ2n) is 2.79. The predicted molar refractivity (Wildman–Crippen MR) is 46.9 cm³/mol. The largest absolute Gasteiger partial charge is 0.309 e. The molecule has 0 aliphatic carbocycles. The van der Waals surface area contributed by atoms with E-state index in [0.717, 1.165) is 0 Å². The van der Waals surface area contributed by atoms with E-state index in [4.69, 9.17) is 0 Å². The van der Waals surface area contributed by atoms with Gasteiger partial charge in [-0.05, 0) is 12.1 Å². The molecule has 0 amide bonds. The summed E-state index contributed by atoms with van der Waals surface area (Å²) in [5.74, 6) is -0.348. The third-order valence-electron chi connectivity index (χ3n) is 1.94. The zero-order chi connectivity index (χ0) is 9.42. The number of fused-ring (bicyclic) bond motifs is 1.